The third-order valence-corrected chi connectivity index (χ3v) is 6.50. The molecule has 4 nitrogen and oxygen atoms in total. The minimum absolute atomic E-state index is 0.181. The van der Waals surface area contributed by atoms with Crippen LogP contribution in [0.4, 0.5) is 22.7 Å². The van der Waals surface area contributed by atoms with Crippen molar-refractivity contribution in [3.8, 4) is 0 Å². The molecular weight excluding hydrogens is 392 g/mol. The lowest BCUT2D eigenvalue weighted by Crippen LogP contribution is -2.46. The highest BCUT2D eigenvalue weighted by Crippen LogP contribution is 2.42. The number of hydrogen-bond donors (Lipinski definition) is 0. The number of benzene rings is 4. The number of fused-ring (bicyclic) bond motifs is 1. The van der Waals surface area contributed by atoms with Crippen molar-refractivity contribution in [2.24, 2.45) is 0 Å². The van der Waals surface area contributed by atoms with Gasteiger partial charge in [0.05, 0.1) is 13.3 Å². The molecule has 6 rings (SSSR count). The fourth-order valence-corrected chi connectivity index (χ4v) is 5.06. The molecule has 0 unspecified atom stereocenters. The summed E-state index contributed by atoms with van der Waals surface area (Å²) in [6.07, 6.45) is 0.362. The van der Waals surface area contributed by atoms with E-state index in [9.17, 15) is 0 Å². The van der Waals surface area contributed by atoms with E-state index in [0.717, 1.165) is 13.3 Å². The summed E-state index contributed by atoms with van der Waals surface area (Å²) < 4.78 is 0. The molecule has 2 aliphatic heterocycles. The van der Waals surface area contributed by atoms with Crippen molar-refractivity contribution in [1.82, 2.24) is 0 Å². The molecule has 0 radical (unpaired) electrons. The summed E-state index contributed by atoms with van der Waals surface area (Å²) in [5.74, 6) is 0. The molecule has 2 fully saturated rings. The van der Waals surface area contributed by atoms with E-state index in [-0.39, 0.29) is 12.3 Å². The van der Waals surface area contributed by atoms with Gasteiger partial charge in [0.2, 0.25) is 0 Å². The maximum absolute atomic E-state index is 2.54. The summed E-state index contributed by atoms with van der Waals surface area (Å²) in [5, 5.41) is 0. The first-order valence-corrected chi connectivity index (χ1v) is 11.2. The monoisotopic (exact) mass is 418 g/mol. The minimum atomic E-state index is 0.181. The largest absolute Gasteiger partial charge is 0.330 e. The van der Waals surface area contributed by atoms with E-state index in [1.165, 1.54) is 22.7 Å². The summed E-state index contributed by atoms with van der Waals surface area (Å²) in [6, 6.07) is 43.2. The van der Waals surface area contributed by atoms with E-state index in [1.807, 2.05) is 0 Å². The van der Waals surface area contributed by atoms with Gasteiger partial charge < -0.3 is 19.6 Å². The summed E-state index contributed by atoms with van der Waals surface area (Å²) >= 11 is 0. The van der Waals surface area contributed by atoms with Gasteiger partial charge in [-0.2, -0.15) is 0 Å². The molecule has 0 spiro atoms. The van der Waals surface area contributed by atoms with E-state index < -0.39 is 0 Å². The first-order valence-electron chi connectivity index (χ1n) is 11.2. The Labute approximate surface area is 189 Å². The van der Waals surface area contributed by atoms with Crippen LogP contribution >= 0.6 is 0 Å². The lowest BCUT2D eigenvalue weighted by Gasteiger charge is -2.33. The molecule has 2 aliphatic rings. The minimum Gasteiger partial charge on any atom is -0.330 e. The molecule has 2 saturated heterocycles. The van der Waals surface area contributed by atoms with Crippen LogP contribution in [-0.4, -0.2) is 25.7 Å². The van der Waals surface area contributed by atoms with Crippen molar-refractivity contribution in [2.75, 3.05) is 32.9 Å². The van der Waals surface area contributed by atoms with Crippen molar-refractivity contribution in [2.45, 2.75) is 12.3 Å². The molecule has 2 heterocycles. The normalized spacial score (nSPS) is 20.0. The van der Waals surface area contributed by atoms with Gasteiger partial charge in [-0.25, -0.2) is 0 Å². The van der Waals surface area contributed by atoms with Gasteiger partial charge in [0.1, 0.15) is 12.3 Å². The number of rotatable bonds is 4. The van der Waals surface area contributed by atoms with Crippen LogP contribution in [0.25, 0.3) is 0 Å². The molecule has 158 valence electrons. The standard InChI is InChI=1S/C28H26N4/c1-5-13-23(14-6-1)29-21-30(24-15-7-2-8-16-24)28-27(29)31(25-17-9-3-10-18-25)22-32(28)26-19-11-4-12-20-26/h1-20,27-28H,21-22H2. The van der Waals surface area contributed by atoms with E-state index >= 15 is 0 Å². The highest BCUT2D eigenvalue weighted by molar-refractivity contribution is 5.68. The lowest BCUT2D eigenvalue weighted by atomic mass is 10.2. The van der Waals surface area contributed by atoms with E-state index in [4.69, 9.17) is 0 Å². The Morgan fingerprint density at radius 1 is 0.344 bits per heavy atom. The molecule has 4 heteroatoms. The zero-order valence-electron chi connectivity index (χ0n) is 17.9. The number of nitrogens with zero attached hydrogens (tertiary/aromatic N) is 4. The molecule has 0 bridgehead atoms. The Morgan fingerprint density at radius 3 is 0.781 bits per heavy atom. The van der Waals surface area contributed by atoms with Crippen LogP contribution in [0.3, 0.4) is 0 Å². The van der Waals surface area contributed by atoms with Gasteiger partial charge in [-0.05, 0) is 48.5 Å². The molecular formula is C28H26N4. The summed E-state index contributed by atoms with van der Waals surface area (Å²) in [6.45, 7) is 1.66. The maximum atomic E-state index is 2.54. The van der Waals surface area contributed by atoms with Crippen molar-refractivity contribution in [3.05, 3.63) is 121 Å². The van der Waals surface area contributed by atoms with Gasteiger partial charge in [-0.3, -0.25) is 0 Å². The Balaban J connectivity index is 1.51. The molecule has 32 heavy (non-hydrogen) atoms. The van der Waals surface area contributed by atoms with E-state index in [1.54, 1.807) is 0 Å². The average Bonchev–Trinajstić information content (AvgIpc) is 3.45. The van der Waals surface area contributed by atoms with Crippen LogP contribution in [0.2, 0.25) is 0 Å². The summed E-state index contributed by atoms with van der Waals surface area (Å²) in [7, 11) is 0. The Morgan fingerprint density at radius 2 is 0.562 bits per heavy atom. The molecule has 0 amide bonds. The van der Waals surface area contributed by atoms with Crippen molar-refractivity contribution in [3.63, 3.8) is 0 Å². The highest BCUT2D eigenvalue weighted by atomic mass is 15.6. The number of anilines is 4. The van der Waals surface area contributed by atoms with Crippen LogP contribution in [-0.2, 0) is 0 Å². The molecule has 0 atom stereocenters. The van der Waals surface area contributed by atoms with Gasteiger partial charge in [-0.15, -0.1) is 0 Å². The van der Waals surface area contributed by atoms with Gasteiger partial charge in [0, 0.05) is 22.7 Å². The third-order valence-electron chi connectivity index (χ3n) is 6.50. The van der Waals surface area contributed by atoms with E-state index in [2.05, 4.69) is 141 Å². The molecule has 0 N–H and O–H groups in total. The second-order valence-electron chi connectivity index (χ2n) is 8.33. The second-order valence-corrected chi connectivity index (χ2v) is 8.33. The molecule has 4 aromatic rings. The van der Waals surface area contributed by atoms with Gasteiger partial charge >= 0.3 is 0 Å². The Bertz CT molecular complexity index is 965. The number of para-hydroxylation sites is 4. The first kappa shape index (κ1) is 18.8. The molecule has 0 aliphatic carbocycles. The average molecular weight is 419 g/mol. The predicted octanol–water partition coefficient (Wildman–Crippen LogP) is 5.61. The fraction of sp³-hybridized carbons (Fsp3) is 0.143. The van der Waals surface area contributed by atoms with Crippen molar-refractivity contribution in [1.29, 1.82) is 0 Å². The molecule has 0 saturated carbocycles. The highest BCUT2D eigenvalue weighted by Gasteiger charge is 2.52. The Hall–Kier alpha value is -3.92. The Kier molecular flexibility index (Phi) is 4.69. The summed E-state index contributed by atoms with van der Waals surface area (Å²) in [5.41, 5.74) is 4.99. The SMILES string of the molecule is c1ccc(N2CN(c3ccccc3)C3C2N(c2ccccc2)CN3c2ccccc2)cc1. The van der Waals surface area contributed by atoms with Crippen molar-refractivity contribution >= 4 is 22.7 Å². The zero-order chi connectivity index (χ0) is 21.3. The quantitative estimate of drug-likeness (QED) is 0.427. The maximum Gasteiger partial charge on any atom is 0.145 e. The van der Waals surface area contributed by atoms with Crippen LogP contribution in [0.5, 0.6) is 0 Å². The van der Waals surface area contributed by atoms with Gasteiger partial charge in [0.15, 0.2) is 0 Å². The first-order chi connectivity index (χ1) is 15.9. The zero-order valence-corrected chi connectivity index (χ0v) is 17.9. The van der Waals surface area contributed by atoms with Gasteiger partial charge in [0.25, 0.3) is 0 Å². The molecule has 4 aromatic carbocycles. The third kappa shape index (κ3) is 3.16. The molecule has 0 aromatic heterocycles. The van der Waals surface area contributed by atoms with Crippen LogP contribution in [0.1, 0.15) is 0 Å². The fourth-order valence-electron chi connectivity index (χ4n) is 5.06. The van der Waals surface area contributed by atoms with Crippen LogP contribution in [0, 0.1) is 0 Å². The van der Waals surface area contributed by atoms with Crippen LogP contribution in [0.15, 0.2) is 121 Å². The summed E-state index contributed by atoms with van der Waals surface area (Å²) in [4.78, 5) is 10.1. The lowest BCUT2D eigenvalue weighted by molar-refractivity contribution is 0.640. The van der Waals surface area contributed by atoms with Gasteiger partial charge in [-0.1, -0.05) is 72.8 Å². The smallest absolute Gasteiger partial charge is 0.145 e. The van der Waals surface area contributed by atoms with E-state index in [0.29, 0.717) is 0 Å². The predicted molar refractivity (Wildman–Crippen MR) is 133 cm³/mol. The second kappa shape index (κ2) is 7.97. The van der Waals surface area contributed by atoms with Crippen LogP contribution < -0.4 is 19.6 Å². The number of hydrogen-bond acceptors (Lipinski definition) is 4. The van der Waals surface area contributed by atoms with Crippen molar-refractivity contribution < 1.29 is 0 Å². The topological polar surface area (TPSA) is 13.0 Å².